The molecule has 0 bridgehead atoms. The van der Waals surface area contributed by atoms with Crippen molar-refractivity contribution < 1.29 is 19.1 Å². The van der Waals surface area contributed by atoms with Crippen LogP contribution in [0.5, 0.6) is 0 Å². The molecule has 2 fully saturated rings. The van der Waals surface area contributed by atoms with Crippen molar-refractivity contribution in [1.29, 1.82) is 5.26 Å². The van der Waals surface area contributed by atoms with Crippen molar-refractivity contribution in [1.82, 2.24) is 19.8 Å². The molecule has 2 aliphatic rings. The highest BCUT2D eigenvalue weighted by Gasteiger charge is 2.17. The maximum Gasteiger partial charge on any atom is 0.134 e. The summed E-state index contributed by atoms with van der Waals surface area (Å²) in [5.74, 6) is 0.150. The molecule has 0 unspecified atom stereocenters. The molecule has 0 N–H and O–H groups in total. The van der Waals surface area contributed by atoms with Gasteiger partial charge in [0.05, 0.1) is 60.5 Å². The zero-order chi connectivity index (χ0) is 39.7. The number of nitriles is 1. The van der Waals surface area contributed by atoms with Crippen molar-refractivity contribution in [3.8, 4) is 28.6 Å². The monoisotopic (exact) mass is 779 g/mol. The van der Waals surface area contributed by atoms with Crippen LogP contribution in [-0.2, 0) is 45.0 Å². The van der Waals surface area contributed by atoms with Crippen LogP contribution in [0.1, 0.15) is 41.7 Å². The lowest BCUT2D eigenvalue weighted by Gasteiger charge is -2.27. The molecule has 9 nitrogen and oxygen atoms in total. The van der Waals surface area contributed by atoms with Crippen molar-refractivity contribution in [2.45, 2.75) is 39.8 Å². The van der Waals surface area contributed by atoms with Gasteiger partial charge in [-0.05, 0) is 72.5 Å². The lowest BCUT2D eigenvalue weighted by Crippen LogP contribution is -2.35. The van der Waals surface area contributed by atoms with Gasteiger partial charge in [-0.3, -0.25) is 19.4 Å². The maximum absolute atomic E-state index is 11.5. The number of ether oxygens (including phenoxy) is 2. The number of carbonyl (C=O) groups is 2. The van der Waals surface area contributed by atoms with E-state index in [2.05, 4.69) is 46.2 Å². The van der Waals surface area contributed by atoms with Crippen LogP contribution in [0.4, 0.5) is 0 Å². The number of benzene rings is 4. The van der Waals surface area contributed by atoms with Crippen molar-refractivity contribution >= 4 is 45.0 Å². The predicted octanol–water partition coefficient (Wildman–Crippen LogP) is 8.26. The van der Waals surface area contributed by atoms with Gasteiger partial charge in [0.15, 0.2) is 0 Å². The second-order valence-electron chi connectivity index (χ2n) is 14.7. The number of Topliss-reactive ketones (excluding diaryl/α,β-unsaturated/α-hetero) is 2. The van der Waals surface area contributed by atoms with Crippen molar-refractivity contribution in [3.05, 3.63) is 130 Å². The molecular formula is C47H46ClN5O4. The van der Waals surface area contributed by atoms with Gasteiger partial charge < -0.3 is 9.47 Å². The van der Waals surface area contributed by atoms with Gasteiger partial charge in [0.25, 0.3) is 0 Å². The number of morpholine rings is 2. The van der Waals surface area contributed by atoms with Gasteiger partial charge in [-0.25, -0.2) is 9.97 Å². The zero-order valence-corrected chi connectivity index (χ0v) is 33.2. The topological polar surface area (TPSA) is 109 Å². The number of nitrogens with zero attached hydrogens (tertiary/aromatic N) is 5. The number of para-hydroxylation sites is 2. The molecule has 290 valence electrons. The second kappa shape index (κ2) is 18.7. The minimum atomic E-state index is 0.0471. The van der Waals surface area contributed by atoms with Crippen LogP contribution in [-0.4, -0.2) is 83.9 Å². The van der Waals surface area contributed by atoms with E-state index < -0.39 is 0 Å². The van der Waals surface area contributed by atoms with Crippen molar-refractivity contribution in [3.63, 3.8) is 0 Å². The molecule has 0 amide bonds. The van der Waals surface area contributed by atoms with Crippen LogP contribution >= 0.6 is 11.6 Å². The summed E-state index contributed by atoms with van der Waals surface area (Å²) < 4.78 is 11.0. The molecule has 0 saturated carbocycles. The average molecular weight is 780 g/mol. The summed E-state index contributed by atoms with van der Waals surface area (Å²) in [6.07, 6.45) is 0.628. The fourth-order valence-electron chi connectivity index (χ4n) is 7.43. The van der Waals surface area contributed by atoms with E-state index in [0.717, 1.165) is 116 Å². The number of fused-ring (bicyclic) bond motifs is 2. The Bertz CT molecular complexity index is 2450. The molecule has 0 aliphatic carbocycles. The van der Waals surface area contributed by atoms with Gasteiger partial charge in [0, 0.05) is 79.0 Å². The Kier molecular flexibility index (Phi) is 13.1. The predicted molar refractivity (Wildman–Crippen MR) is 225 cm³/mol. The molecule has 6 aromatic rings. The molecule has 0 spiro atoms. The summed E-state index contributed by atoms with van der Waals surface area (Å²) in [6.45, 7) is 11.6. The van der Waals surface area contributed by atoms with Crippen LogP contribution in [0, 0.1) is 11.3 Å². The van der Waals surface area contributed by atoms with Crippen LogP contribution in [0.15, 0.2) is 97.1 Å². The molecule has 57 heavy (non-hydrogen) atoms. The first-order valence-corrected chi connectivity index (χ1v) is 19.8. The fraction of sp³-hybridized carbons (Fsp3) is 0.298. The van der Waals surface area contributed by atoms with Gasteiger partial charge in [0.1, 0.15) is 11.6 Å². The molecule has 2 aromatic heterocycles. The van der Waals surface area contributed by atoms with E-state index in [0.29, 0.717) is 17.0 Å². The highest BCUT2D eigenvalue weighted by Crippen LogP contribution is 2.30. The Morgan fingerprint density at radius 1 is 0.632 bits per heavy atom. The summed E-state index contributed by atoms with van der Waals surface area (Å²) >= 11 is 6.43. The molecule has 0 radical (unpaired) electrons. The Balaban J connectivity index is 0.000000174. The smallest absolute Gasteiger partial charge is 0.134 e. The molecule has 10 heteroatoms. The average Bonchev–Trinajstić information content (AvgIpc) is 3.22. The molecule has 2 saturated heterocycles. The number of halogens is 1. The number of pyridine rings is 2. The molecule has 4 aromatic carbocycles. The van der Waals surface area contributed by atoms with Gasteiger partial charge >= 0.3 is 0 Å². The van der Waals surface area contributed by atoms with Crippen molar-refractivity contribution in [2.24, 2.45) is 0 Å². The maximum atomic E-state index is 11.5. The summed E-state index contributed by atoms with van der Waals surface area (Å²) in [5, 5.41) is 12.5. The third-order valence-electron chi connectivity index (χ3n) is 10.4. The summed E-state index contributed by atoms with van der Waals surface area (Å²) in [5.41, 5.74) is 10.1. The summed E-state index contributed by atoms with van der Waals surface area (Å²) in [7, 11) is 0. The molecule has 0 atom stereocenters. The van der Waals surface area contributed by atoms with E-state index in [1.165, 1.54) is 23.4 Å². The van der Waals surface area contributed by atoms with E-state index in [4.69, 9.17) is 31.0 Å². The first-order chi connectivity index (χ1) is 27.7. The summed E-state index contributed by atoms with van der Waals surface area (Å²) in [4.78, 5) is 37.4. The van der Waals surface area contributed by atoms with Gasteiger partial charge in [-0.1, -0.05) is 72.3 Å². The highest BCUT2D eigenvalue weighted by molar-refractivity contribution is 6.31. The van der Waals surface area contributed by atoms with Gasteiger partial charge in [-0.15, -0.1) is 0 Å². The van der Waals surface area contributed by atoms with Crippen molar-refractivity contribution in [2.75, 3.05) is 52.6 Å². The Labute approximate surface area is 338 Å². The Hall–Kier alpha value is -5.34. The zero-order valence-electron chi connectivity index (χ0n) is 32.5. The van der Waals surface area contributed by atoms with E-state index >= 15 is 0 Å². The number of aromatic nitrogens is 2. The number of rotatable bonds is 10. The van der Waals surface area contributed by atoms with Gasteiger partial charge in [0.2, 0.25) is 0 Å². The molecule has 8 rings (SSSR count). The number of hydrogen-bond acceptors (Lipinski definition) is 9. The quantitative estimate of drug-likeness (QED) is 0.136. The minimum Gasteiger partial charge on any atom is -0.379 e. The third-order valence-corrected chi connectivity index (χ3v) is 10.7. The lowest BCUT2D eigenvalue weighted by atomic mass is 9.97. The highest BCUT2D eigenvalue weighted by atomic mass is 35.5. The first-order valence-electron chi connectivity index (χ1n) is 19.4. The first kappa shape index (κ1) is 39.9. The number of carbonyl (C=O) groups excluding carboxylic acids is 2. The second-order valence-corrected chi connectivity index (χ2v) is 15.1. The number of hydrogen-bond donors (Lipinski definition) is 0. The fourth-order valence-corrected chi connectivity index (χ4v) is 7.68. The molecule has 4 heterocycles. The normalized spacial score (nSPS) is 14.8. The number of ketones is 2. The van der Waals surface area contributed by atoms with Crippen LogP contribution in [0.2, 0.25) is 5.02 Å². The van der Waals surface area contributed by atoms with Crippen LogP contribution in [0.3, 0.4) is 0 Å². The third kappa shape index (κ3) is 10.2. The lowest BCUT2D eigenvalue weighted by molar-refractivity contribution is -0.117. The van der Waals surface area contributed by atoms with E-state index in [-0.39, 0.29) is 18.0 Å². The minimum absolute atomic E-state index is 0.0471. The van der Waals surface area contributed by atoms with Gasteiger partial charge in [-0.2, -0.15) is 5.26 Å². The molecular weight excluding hydrogens is 734 g/mol. The van der Waals surface area contributed by atoms with E-state index in [1.807, 2.05) is 66.7 Å². The Morgan fingerprint density at radius 3 is 1.56 bits per heavy atom. The van der Waals surface area contributed by atoms with E-state index in [9.17, 15) is 14.9 Å². The van der Waals surface area contributed by atoms with Crippen LogP contribution < -0.4 is 0 Å². The van der Waals surface area contributed by atoms with E-state index in [1.54, 1.807) is 6.92 Å². The largest absolute Gasteiger partial charge is 0.379 e. The Morgan fingerprint density at radius 2 is 1.09 bits per heavy atom. The van der Waals surface area contributed by atoms with Crippen LogP contribution in [0.25, 0.3) is 44.3 Å². The SMILES string of the molecule is CC(=O)Cc1ccc(-c2cc(CN3CCOCC3)c3ccccc3n2)cc1C#N.CC(=O)Cc1ccc(-c2cc(CN3CCOCC3)c3ccccc3n2)cc1Cl. The summed E-state index contributed by atoms with van der Waals surface area (Å²) in [6, 6.07) is 34.4. The molecule has 2 aliphatic heterocycles. The standard InChI is InChI=1S/C24H23N3O2.C23H23ClN2O2/c1-17(28)12-18-6-7-19(13-20(18)15-25)24-14-21(16-27-8-10-29-11-9-27)22-4-2-3-5-23(22)26-24;1-16(27)12-17-6-7-18(13-21(17)24)23-14-19(15-26-8-10-28-11-9-26)20-4-2-3-5-22(20)25-23/h2-7,13-14H,8-12,16H2,1H3;2-7,13-14H,8-12,15H2,1H3.